The summed E-state index contributed by atoms with van der Waals surface area (Å²) in [5, 5.41) is 6.64. The Morgan fingerprint density at radius 3 is 3.00 bits per heavy atom. The maximum atomic E-state index is 12.6. The van der Waals surface area contributed by atoms with E-state index in [2.05, 4.69) is 26.7 Å². The predicted molar refractivity (Wildman–Crippen MR) is 102 cm³/mol. The molecule has 1 amide bonds. The van der Waals surface area contributed by atoms with E-state index in [-0.39, 0.29) is 5.91 Å². The second-order valence-electron chi connectivity index (χ2n) is 7.51. The third-order valence-electron chi connectivity index (χ3n) is 5.41. The fraction of sp³-hybridized carbons (Fsp3) is 0.333. The Morgan fingerprint density at radius 2 is 2.12 bits per heavy atom. The molecular weight excluding hydrogens is 324 g/mol. The Morgan fingerprint density at radius 1 is 1.19 bits per heavy atom. The zero-order chi connectivity index (χ0) is 17.5. The van der Waals surface area contributed by atoms with E-state index in [1.807, 2.05) is 36.4 Å². The molecule has 26 heavy (non-hydrogen) atoms. The first-order valence-electron chi connectivity index (χ1n) is 9.34. The van der Waals surface area contributed by atoms with Crippen LogP contribution in [0.3, 0.4) is 0 Å². The average molecular weight is 346 g/mol. The van der Waals surface area contributed by atoms with Gasteiger partial charge in [0.25, 0.3) is 5.91 Å². The first kappa shape index (κ1) is 15.6. The number of fused-ring (bicyclic) bond motifs is 1. The number of benzene rings is 2. The van der Waals surface area contributed by atoms with Crippen molar-refractivity contribution >= 4 is 22.6 Å². The van der Waals surface area contributed by atoms with Crippen LogP contribution in [-0.2, 0) is 0 Å². The third-order valence-corrected chi connectivity index (χ3v) is 5.41. The van der Waals surface area contributed by atoms with Crippen LogP contribution in [0.1, 0.15) is 41.1 Å². The summed E-state index contributed by atoms with van der Waals surface area (Å²) in [6.45, 7) is 1.15. The molecule has 0 saturated heterocycles. The van der Waals surface area contributed by atoms with Crippen molar-refractivity contribution in [1.82, 2.24) is 15.3 Å². The lowest BCUT2D eigenvalue weighted by Gasteiger charge is -2.08. The van der Waals surface area contributed by atoms with Crippen molar-refractivity contribution < 1.29 is 4.79 Å². The Kier molecular flexibility index (Phi) is 3.75. The van der Waals surface area contributed by atoms with Crippen LogP contribution in [0.5, 0.6) is 0 Å². The summed E-state index contributed by atoms with van der Waals surface area (Å²) in [5.74, 6) is 1.37. The standard InChI is InChI=1S/C21H22N4O/c26-21(25-16-6-7-18-20(9-16)24-12-23-18)15-3-1-2-14(8-15)17-10-19(17)22-11-13-4-5-13/h1-3,6-9,12-13,17,19,22H,4-5,10-11H2,(H,23,24)(H,25,26). The van der Waals surface area contributed by atoms with Gasteiger partial charge < -0.3 is 15.6 Å². The minimum Gasteiger partial charge on any atom is -0.345 e. The zero-order valence-electron chi connectivity index (χ0n) is 14.5. The lowest BCUT2D eigenvalue weighted by molar-refractivity contribution is 0.102. The second kappa shape index (κ2) is 6.25. The molecule has 1 heterocycles. The molecule has 5 heteroatoms. The minimum absolute atomic E-state index is 0.0788. The Bertz CT molecular complexity index is 959. The van der Waals surface area contributed by atoms with E-state index in [0.717, 1.165) is 29.2 Å². The van der Waals surface area contributed by atoms with Crippen molar-refractivity contribution in [2.45, 2.75) is 31.2 Å². The smallest absolute Gasteiger partial charge is 0.255 e. The first-order chi connectivity index (χ1) is 12.8. The molecule has 2 aliphatic carbocycles. The summed E-state index contributed by atoms with van der Waals surface area (Å²) in [6.07, 6.45) is 5.59. The number of imidazole rings is 1. The van der Waals surface area contributed by atoms with Gasteiger partial charge in [0.05, 0.1) is 17.4 Å². The van der Waals surface area contributed by atoms with Crippen molar-refractivity contribution in [3.05, 3.63) is 59.9 Å². The van der Waals surface area contributed by atoms with Gasteiger partial charge in [-0.05, 0) is 67.6 Å². The zero-order valence-corrected chi connectivity index (χ0v) is 14.5. The number of aromatic nitrogens is 2. The predicted octanol–water partition coefficient (Wildman–Crippen LogP) is 3.67. The second-order valence-corrected chi connectivity index (χ2v) is 7.51. The summed E-state index contributed by atoms with van der Waals surface area (Å²) in [6, 6.07) is 14.3. The van der Waals surface area contributed by atoms with E-state index in [1.165, 1.54) is 24.8 Å². The van der Waals surface area contributed by atoms with E-state index in [4.69, 9.17) is 0 Å². The van der Waals surface area contributed by atoms with E-state index in [0.29, 0.717) is 17.5 Å². The van der Waals surface area contributed by atoms with Gasteiger partial charge in [0.15, 0.2) is 0 Å². The summed E-state index contributed by atoms with van der Waals surface area (Å²) in [4.78, 5) is 19.9. The number of hydrogen-bond donors (Lipinski definition) is 3. The molecule has 2 aliphatic rings. The largest absolute Gasteiger partial charge is 0.345 e. The highest BCUT2D eigenvalue weighted by atomic mass is 16.1. The molecule has 0 spiro atoms. The van der Waals surface area contributed by atoms with Gasteiger partial charge in [0.2, 0.25) is 0 Å². The van der Waals surface area contributed by atoms with E-state index in [1.54, 1.807) is 6.33 Å². The summed E-state index contributed by atoms with van der Waals surface area (Å²) < 4.78 is 0. The number of carbonyl (C=O) groups is 1. The minimum atomic E-state index is -0.0788. The van der Waals surface area contributed by atoms with Crippen LogP contribution in [0.4, 0.5) is 5.69 Å². The van der Waals surface area contributed by atoms with E-state index in [9.17, 15) is 4.79 Å². The molecule has 5 nitrogen and oxygen atoms in total. The number of carbonyl (C=O) groups excluding carboxylic acids is 1. The highest BCUT2D eigenvalue weighted by Crippen LogP contribution is 2.41. The van der Waals surface area contributed by atoms with Gasteiger partial charge in [-0.2, -0.15) is 0 Å². The molecule has 2 fully saturated rings. The van der Waals surface area contributed by atoms with E-state index >= 15 is 0 Å². The molecule has 0 radical (unpaired) electrons. The van der Waals surface area contributed by atoms with Crippen molar-refractivity contribution in [2.24, 2.45) is 5.92 Å². The summed E-state index contributed by atoms with van der Waals surface area (Å²) in [7, 11) is 0. The number of rotatable bonds is 6. The average Bonchev–Trinajstić information content (AvgIpc) is 3.57. The number of nitrogens with one attached hydrogen (secondary N) is 3. The van der Waals surface area contributed by atoms with Gasteiger partial charge in [-0.25, -0.2) is 4.98 Å². The van der Waals surface area contributed by atoms with Crippen LogP contribution >= 0.6 is 0 Å². The van der Waals surface area contributed by atoms with Crippen molar-refractivity contribution in [3.8, 4) is 0 Å². The summed E-state index contributed by atoms with van der Waals surface area (Å²) >= 11 is 0. The van der Waals surface area contributed by atoms with Gasteiger partial charge >= 0.3 is 0 Å². The van der Waals surface area contributed by atoms with Crippen molar-refractivity contribution in [3.63, 3.8) is 0 Å². The Labute approximate surface area is 152 Å². The van der Waals surface area contributed by atoms with Gasteiger partial charge in [-0.1, -0.05) is 12.1 Å². The topological polar surface area (TPSA) is 69.8 Å². The fourth-order valence-electron chi connectivity index (χ4n) is 3.55. The van der Waals surface area contributed by atoms with Crippen molar-refractivity contribution in [2.75, 3.05) is 11.9 Å². The SMILES string of the molecule is O=C(Nc1ccc2[nH]cnc2c1)c1cccc(C2CC2NCC2CC2)c1. The van der Waals surface area contributed by atoms with Gasteiger partial charge in [-0.15, -0.1) is 0 Å². The van der Waals surface area contributed by atoms with Crippen LogP contribution in [0.15, 0.2) is 48.8 Å². The van der Waals surface area contributed by atoms with E-state index < -0.39 is 0 Å². The summed E-state index contributed by atoms with van der Waals surface area (Å²) in [5.41, 5.74) is 4.53. The maximum Gasteiger partial charge on any atom is 0.255 e. The van der Waals surface area contributed by atoms with Gasteiger partial charge in [0, 0.05) is 23.2 Å². The number of aromatic amines is 1. The van der Waals surface area contributed by atoms with Gasteiger partial charge in [-0.3, -0.25) is 4.79 Å². The van der Waals surface area contributed by atoms with Crippen LogP contribution in [0.25, 0.3) is 11.0 Å². The number of H-pyrrole nitrogens is 1. The maximum absolute atomic E-state index is 12.6. The Balaban J connectivity index is 1.26. The molecule has 2 atom stereocenters. The van der Waals surface area contributed by atoms with Crippen LogP contribution < -0.4 is 10.6 Å². The molecule has 2 aromatic carbocycles. The quantitative estimate of drug-likeness (QED) is 0.638. The number of hydrogen-bond acceptors (Lipinski definition) is 3. The number of anilines is 1. The first-order valence-corrected chi connectivity index (χ1v) is 9.34. The molecule has 1 aromatic heterocycles. The normalized spacial score (nSPS) is 21.7. The lowest BCUT2D eigenvalue weighted by Crippen LogP contribution is -2.20. The molecular formula is C21H22N4O. The number of amides is 1. The van der Waals surface area contributed by atoms with Crippen LogP contribution in [0, 0.1) is 5.92 Å². The molecule has 132 valence electrons. The third kappa shape index (κ3) is 3.22. The fourth-order valence-corrected chi connectivity index (χ4v) is 3.55. The molecule has 3 N–H and O–H groups in total. The Hall–Kier alpha value is -2.66. The lowest BCUT2D eigenvalue weighted by atomic mass is 10.1. The van der Waals surface area contributed by atoms with Crippen molar-refractivity contribution in [1.29, 1.82) is 0 Å². The monoisotopic (exact) mass is 346 g/mol. The molecule has 0 bridgehead atoms. The van der Waals surface area contributed by atoms with Crippen LogP contribution in [-0.4, -0.2) is 28.5 Å². The highest BCUT2D eigenvalue weighted by Gasteiger charge is 2.39. The highest BCUT2D eigenvalue weighted by molar-refractivity contribution is 6.05. The number of nitrogens with zero attached hydrogens (tertiary/aromatic N) is 1. The molecule has 0 aliphatic heterocycles. The molecule has 5 rings (SSSR count). The molecule has 2 unspecified atom stereocenters. The molecule has 3 aromatic rings. The van der Waals surface area contributed by atoms with Gasteiger partial charge in [0.1, 0.15) is 0 Å². The molecule has 2 saturated carbocycles. The van der Waals surface area contributed by atoms with Crippen LogP contribution in [0.2, 0.25) is 0 Å².